The first-order valence-corrected chi connectivity index (χ1v) is 5.16. The van der Waals surface area contributed by atoms with Crippen LogP contribution in [0.15, 0.2) is 12.3 Å². The van der Waals surface area contributed by atoms with Crippen molar-refractivity contribution in [2.45, 2.75) is 0 Å². The van der Waals surface area contributed by atoms with Crippen LogP contribution in [0.4, 0.5) is 26.3 Å². The summed E-state index contributed by atoms with van der Waals surface area (Å²) in [7, 11) is 0. The van der Waals surface area contributed by atoms with E-state index < -0.39 is 57.7 Å². The van der Waals surface area contributed by atoms with Gasteiger partial charge in [0, 0.05) is 11.8 Å². The Bertz CT molecular complexity index is 733. The highest BCUT2D eigenvalue weighted by atomic mass is 19.2. The maximum Gasteiger partial charge on any atom is 0.340 e. The Morgan fingerprint density at radius 1 is 0.905 bits per heavy atom. The summed E-state index contributed by atoms with van der Waals surface area (Å²) >= 11 is 0. The fraction of sp³-hybridized carbons (Fsp3) is 0. The van der Waals surface area contributed by atoms with Gasteiger partial charge in [0.2, 0.25) is 11.8 Å². The summed E-state index contributed by atoms with van der Waals surface area (Å²) in [4.78, 5) is 13.6. The van der Waals surface area contributed by atoms with E-state index in [0.29, 0.717) is 12.3 Å². The van der Waals surface area contributed by atoms with Crippen LogP contribution in [0, 0.1) is 35.0 Å². The fourth-order valence-electron chi connectivity index (χ4n) is 1.59. The number of hydrogen-bond donors (Lipinski definition) is 1. The fourth-order valence-corrected chi connectivity index (χ4v) is 1.59. The van der Waals surface area contributed by atoms with Crippen LogP contribution in [0.25, 0.3) is 11.1 Å². The monoisotopic (exact) mass is 307 g/mol. The van der Waals surface area contributed by atoms with Crippen LogP contribution in [-0.2, 0) is 0 Å². The number of nitrogens with zero attached hydrogens (tertiary/aromatic N) is 1. The largest absolute Gasteiger partial charge is 0.478 e. The van der Waals surface area contributed by atoms with Gasteiger partial charge in [-0.1, -0.05) is 0 Å². The van der Waals surface area contributed by atoms with Gasteiger partial charge in [0.15, 0.2) is 23.3 Å². The molecular formula is C12H3F6NO2. The number of carboxylic acids is 1. The van der Waals surface area contributed by atoms with Crippen molar-refractivity contribution < 1.29 is 36.2 Å². The Hall–Kier alpha value is -2.58. The van der Waals surface area contributed by atoms with Crippen molar-refractivity contribution >= 4 is 5.97 Å². The smallest absolute Gasteiger partial charge is 0.340 e. The van der Waals surface area contributed by atoms with Gasteiger partial charge in [-0.3, -0.25) is 0 Å². The van der Waals surface area contributed by atoms with Crippen molar-refractivity contribution in [1.29, 1.82) is 0 Å². The highest BCUT2D eigenvalue weighted by Gasteiger charge is 2.27. The molecule has 0 spiro atoms. The molecule has 0 saturated carbocycles. The molecule has 110 valence electrons. The summed E-state index contributed by atoms with van der Waals surface area (Å²) < 4.78 is 79.1. The number of pyridine rings is 1. The van der Waals surface area contributed by atoms with Gasteiger partial charge in [-0.05, 0) is 6.07 Å². The van der Waals surface area contributed by atoms with Gasteiger partial charge < -0.3 is 5.11 Å². The summed E-state index contributed by atoms with van der Waals surface area (Å²) in [5.41, 5.74) is -3.22. The van der Waals surface area contributed by atoms with Crippen LogP contribution < -0.4 is 0 Å². The topological polar surface area (TPSA) is 50.2 Å². The molecule has 0 unspecified atom stereocenters. The van der Waals surface area contributed by atoms with E-state index in [-0.39, 0.29) is 0 Å². The Morgan fingerprint density at radius 2 is 1.38 bits per heavy atom. The average Bonchev–Trinajstić information content (AvgIpc) is 2.44. The third-order valence-electron chi connectivity index (χ3n) is 2.57. The predicted molar refractivity (Wildman–Crippen MR) is 56.4 cm³/mol. The Balaban J connectivity index is 2.80. The van der Waals surface area contributed by atoms with Gasteiger partial charge in [-0.25, -0.2) is 31.7 Å². The maximum atomic E-state index is 13.5. The predicted octanol–water partition coefficient (Wildman–Crippen LogP) is 3.28. The lowest BCUT2D eigenvalue weighted by Gasteiger charge is -2.09. The quantitative estimate of drug-likeness (QED) is 0.401. The SMILES string of the molecule is O=C(O)c1cc(-c2c(F)c(F)c(F)c(F)c2F)cnc1F. The molecule has 0 aliphatic heterocycles. The van der Waals surface area contributed by atoms with E-state index >= 15 is 0 Å². The van der Waals surface area contributed by atoms with E-state index in [1.807, 2.05) is 0 Å². The van der Waals surface area contributed by atoms with Gasteiger partial charge in [0.1, 0.15) is 5.56 Å². The summed E-state index contributed by atoms with van der Waals surface area (Å²) in [6.07, 6.45) is 0.458. The van der Waals surface area contributed by atoms with E-state index in [4.69, 9.17) is 5.11 Å². The minimum absolute atomic E-state index is 0.420. The molecule has 1 N–H and O–H groups in total. The third-order valence-corrected chi connectivity index (χ3v) is 2.57. The first-order chi connectivity index (χ1) is 9.75. The molecule has 0 amide bonds. The normalized spacial score (nSPS) is 10.8. The van der Waals surface area contributed by atoms with E-state index in [1.165, 1.54) is 0 Å². The Morgan fingerprint density at radius 3 is 1.86 bits per heavy atom. The van der Waals surface area contributed by atoms with Crippen molar-refractivity contribution in [3.63, 3.8) is 0 Å². The van der Waals surface area contributed by atoms with Crippen LogP contribution >= 0.6 is 0 Å². The van der Waals surface area contributed by atoms with Gasteiger partial charge in [-0.15, -0.1) is 0 Å². The average molecular weight is 307 g/mol. The van der Waals surface area contributed by atoms with Crippen molar-refractivity contribution in [2.75, 3.05) is 0 Å². The number of hydrogen-bond acceptors (Lipinski definition) is 2. The Kier molecular flexibility index (Phi) is 3.58. The van der Waals surface area contributed by atoms with Crippen molar-refractivity contribution in [1.82, 2.24) is 4.98 Å². The summed E-state index contributed by atoms with van der Waals surface area (Å²) in [6, 6.07) is 0.420. The lowest BCUT2D eigenvalue weighted by atomic mass is 10.0. The molecule has 0 atom stereocenters. The first-order valence-electron chi connectivity index (χ1n) is 5.16. The molecule has 0 saturated heterocycles. The third kappa shape index (κ3) is 2.30. The number of rotatable bonds is 2. The lowest BCUT2D eigenvalue weighted by Crippen LogP contribution is -2.07. The zero-order chi connectivity index (χ0) is 15.9. The second-order valence-corrected chi connectivity index (χ2v) is 3.81. The zero-order valence-electron chi connectivity index (χ0n) is 9.73. The molecule has 0 fully saturated rings. The van der Waals surface area contributed by atoms with Crippen LogP contribution in [0.2, 0.25) is 0 Å². The van der Waals surface area contributed by atoms with Crippen LogP contribution in [0.3, 0.4) is 0 Å². The number of benzene rings is 1. The molecule has 9 heteroatoms. The molecule has 1 heterocycles. The molecule has 3 nitrogen and oxygen atoms in total. The molecule has 0 radical (unpaired) electrons. The minimum atomic E-state index is -2.36. The first kappa shape index (κ1) is 14.8. The van der Waals surface area contributed by atoms with Crippen molar-refractivity contribution in [2.24, 2.45) is 0 Å². The molecule has 1 aromatic heterocycles. The van der Waals surface area contributed by atoms with Crippen LogP contribution in [0.1, 0.15) is 10.4 Å². The molecule has 21 heavy (non-hydrogen) atoms. The van der Waals surface area contributed by atoms with E-state index in [1.54, 1.807) is 0 Å². The number of aromatic carboxylic acids is 1. The second kappa shape index (κ2) is 5.08. The number of halogens is 6. The standard InChI is InChI=1S/C12H3F6NO2/c13-6-5(7(14)9(16)10(17)8(6)15)3-1-4(12(20)21)11(18)19-2-3/h1-2H,(H,20,21). The molecule has 0 aliphatic rings. The Labute approximate surface area is 112 Å². The van der Waals surface area contributed by atoms with Gasteiger partial charge in [0.25, 0.3) is 0 Å². The highest BCUT2D eigenvalue weighted by molar-refractivity contribution is 5.89. The van der Waals surface area contributed by atoms with Gasteiger partial charge >= 0.3 is 5.97 Å². The summed E-state index contributed by atoms with van der Waals surface area (Å²) in [5, 5.41) is 8.65. The van der Waals surface area contributed by atoms with E-state index in [0.717, 1.165) is 0 Å². The van der Waals surface area contributed by atoms with Crippen molar-refractivity contribution in [3.05, 3.63) is 52.9 Å². The number of carboxylic acid groups (broad SMARTS) is 1. The zero-order valence-corrected chi connectivity index (χ0v) is 9.73. The molecule has 2 rings (SSSR count). The maximum absolute atomic E-state index is 13.5. The summed E-state index contributed by atoms with van der Waals surface area (Å²) in [5.74, 6) is -14.4. The minimum Gasteiger partial charge on any atom is -0.478 e. The second-order valence-electron chi connectivity index (χ2n) is 3.81. The van der Waals surface area contributed by atoms with E-state index in [2.05, 4.69) is 4.98 Å². The van der Waals surface area contributed by atoms with Crippen molar-refractivity contribution in [3.8, 4) is 11.1 Å². The van der Waals surface area contributed by atoms with Crippen LogP contribution in [0.5, 0.6) is 0 Å². The highest BCUT2D eigenvalue weighted by Crippen LogP contribution is 2.31. The summed E-state index contributed by atoms with van der Waals surface area (Å²) in [6.45, 7) is 0. The molecule has 2 aromatic rings. The van der Waals surface area contributed by atoms with E-state index in [9.17, 15) is 31.1 Å². The van der Waals surface area contributed by atoms with Gasteiger partial charge in [-0.2, -0.15) is 4.39 Å². The molecular weight excluding hydrogens is 304 g/mol. The lowest BCUT2D eigenvalue weighted by molar-refractivity contribution is 0.0691. The van der Waals surface area contributed by atoms with Gasteiger partial charge in [0.05, 0.1) is 5.56 Å². The number of carbonyl (C=O) groups is 1. The molecule has 0 aliphatic carbocycles. The van der Waals surface area contributed by atoms with Crippen LogP contribution in [-0.4, -0.2) is 16.1 Å². The molecule has 0 bridgehead atoms. The number of aromatic nitrogens is 1. The molecule has 1 aromatic carbocycles.